The lowest BCUT2D eigenvalue weighted by atomic mass is 10.2. The number of nitrogens with zero attached hydrogens (tertiary/aromatic N) is 6. The molecule has 10 nitrogen and oxygen atoms in total. The molecule has 6 rings (SSSR count). The Labute approximate surface area is 238 Å². The van der Waals surface area contributed by atoms with Crippen LogP contribution in [0, 0.1) is 11.6 Å². The van der Waals surface area contributed by atoms with E-state index in [-0.39, 0.29) is 33.9 Å². The summed E-state index contributed by atoms with van der Waals surface area (Å²) in [4.78, 5) is 43.3. The minimum Gasteiger partial charge on any atom is -0.359 e. The lowest BCUT2D eigenvalue weighted by Gasteiger charge is -2.16. The second-order valence-corrected chi connectivity index (χ2v) is 10.9. The van der Waals surface area contributed by atoms with Crippen LogP contribution in [-0.4, -0.2) is 35.1 Å². The molecule has 3 aromatic heterocycles. The summed E-state index contributed by atoms with van der Waals surface area (Å²) < 4.78 is 31.1. The normalized spacial score (nSPS) is 13.1. The molecule has 2 N–H and O–H groups in total. The first-order valence-electron chi connectivity index (χ1n) is 12.0. The van der Waals surface area contributed by atoms with Crippen LogP contribution >= 0.6 is 34.5 Å². The third kappa shape index (κ3) is 5.40. The lowest BCUT2D eigenvalue weighted by Crippen LogP contribution is -2.43. The zero-order valence-electron chi connectivity index (χ0n) is 20.4. The summed E-state index contributed by atoms with van der Waals surface area (Å²) in [6, 6.07) is 7.08. The summed E-state index contributed by atoms with van der Waals surface area (Å²) in [6.07, 6.45) is 5.12. The number of fused-ring (bicyclic) bond motifs is 1. The molecule has 0 unspecified atom stereocenters. The van der Waals surface area contributed by atoms with Crippen molar-refractivity contribution >= 4 is 61.5 Å². The van der Waals surface area contributed by atoms with Crippen molar-refractivity contribution in [3.63, 3.8) is 0 Å². The van der Waals surface area contributed by atoms with Crippen molar-refractivity contribution in [2.24, 2.45) is 0 Å². The Morgan fingerprint density at radius 1 is 0.950 bits per heavy atom. The van der Waals surface area contributed by atoms with E-state index in [0.717, 1.165) is 37.9 Å². The molecule has 1 fully saturated rings. The van der Waals surface area contributed by atoms with Crippen molar-refractivity contribution in [2.75, 3.05) is 10.6 Å². The van der Waals surface area contributed by atoms with Gasteiger partial charge in [-0.3, -0.25) is 4.57 Å². The van der Waals surface area contributed by atoms with Gasteiger partial charge in [0.2, 0.25) is 5.95 Å². The third-order valence-electron chi connectivity index (χ3n) is 6.12. The van der Waals surface area contributed by atoms with Crippen LogP contribution in [0.1, 0.15) is 24.2 Å². The summed E-state index contributed by atoms with van der Waals surface area (Å²) in [5.74, 6) is -1.88. The molecule has 15 heteroatoms. The van der Waals surface area contributed by atoms with Gasteiger partial charge in [0.1, 0.15) is 17.5 Å². The molecule has 0 amide bonds. The number of thiazole rings is 1. The van der Waals surface area contributed by atoms with E-state index in [4.69, 9.17) is 23.2 Å². The Morgan fingerprint density at radius 3 is 2.48 bits per heavy atom. The topological polar surface area (TPSA) is 120 Å². The minimum absolute atomic E-state index is 0.0979. The van der Waals surface area contributed by atoms with Crippen LogP contribution in [0.2, 0.25) is 10.0 Å². The smallest absolute Gasteiger partial charge is 0.355 e. The van der Waals surface area contributed by atoms with Gasteiger partial charge in [-0.2, -0.15) is 4.98 Å². The predicted molar refractivity (Wildman–Crippen MR) is 149 cm³/mol. The highest BCUT2D eigenvalue weighted by Gasteiger charge is 2.23. The lowest BCUT2D eigenvalue weighted by molar-refractivity contribution is 0.545. The SMILES string of the molecule is O=c1nc(Nc2cc3sc(NC4CC4)nc3cc2Cl)n(Cc2cc(Cl)c(F)cc2F)c(=O)n1Cc1ncccn1. The molecule has 3 heterocycles. The minimum atomic E-state index is -0.946. The maximum Gasteiger partial charge on any atom is 0.355 e. The Hall–Kier alpha value is -3.94. The van der Waals surface area contributed by atoms with Crippen LogP contribution in [-0.2, 0) is 13.1 Å². The van der Waals surface area contributed by atoms with E-state index in [1.807, 2.05) is 0 Å². The Bertz CT molecular complexity index is 1880. The molecule has 1 aliphatic carbocycles. The number of halogens is 4. The van der Waals surface area contributed by atoms with Crippen molar-refractivity contribution < 1.29 is 8.78 Å². The maximum atomic E-state index is 14.7. The molecule has 0 saturated heterocycles. The average molecular weight is 603 g/mol. The van der Waals surface area contributed by atoms with Gasteiger partial charge in [-0.25, -0.2) is 37.9 Å². The van der Waals surface area contributed by atoms with Crippen molar-refractivity contribution in [1.29, 1.82) is 0 Å². The van der Waals surface area contributed by atoms with E-state index in [2.05, 4.69) is 30.6 Å². The number of nitrogens with one attached hydrogen (secondary N) is 2. The van der Waals surface area contributed by atoms with Gasteiger partial charge in [0.05, 0.1) is 39.0 Å². The van der Waals surface area contributed by atoms with Crippen LogP contribution in [0.4, 0.5) is 25.5 Å². The second-order valence-electron chi connectivity index (χ2n) is 9.06. The Balaban J connectivity index is 1.43. The Kier molecular flexibility index (Phi) is 6.94. The number of anilines is 3. The van der Waals surface area contributed by atoms with Crippen LogP contribution in [0.5, 0.6) is 0 Å². The fourth-order valence-corrected chi connectivity index (χ4v) is 5.29. The van der Waals surface area contributed by atoms with Crippen LogP contribution < -0.4 is 22.0 Å². The van der Waals surface area contributed by atoms with Crippen molar-refractivity contribution in [1.82, 2.24) is 29.1 Å². The highest BCUT2D eigenvalue weighted by atomic mass is 35.5. The van der Waals surface area contributed by atoms with Crippen molar-refractivity contribution in [2.45, 2.75) is 32.0 Å². The first-order valence-corrected chi connectivity index (χ1v) is 13.6. The van der Waals surface area contributed by atoms with E-state index in [1.54, 1.807) is 18.2 Å². The summed E-state index contributed by atoms with van der Waals surface area (Å²) in [7, 11) is 0. The van der Waals surface area contributed by atoms with Gasteiger partial charge in [0.15, 0.2) is 5.13 Å². The molecule has 2 aromatic carbocycles. The van der Waals surface area contributed by atoms with E-state index in [1.165, 1.54) is 23.7 Å². The molecular weight excluding hydrogens is 585 g/mol. The number of benzene rings is 2. The second kappa shape index (κ2) is 10.6. The maximum absolute atomic E-state index is 14.7. The van der Waals surface area contributed by atoms with Gasteiger partial charge in [0, 0.05) is 30.1 Å². The van der Waals surface area contributed by atoms with E-state index < -0.39 is 29.6 Å². The third-order valence-corrected chi connectivity index (χ3v) is 7.67. The van der Waals surface area contributed by atoms with Gasteiger partial charge >= 0.3 is 11.4 Å². The summed E-state index contributed by atoms with van der Waals surface area (Å²) in [5, 5.41) is 6.97. The van der Waals surface area contributed by atoms with Gasteiger partial charge in [-0.1, -0.05) is 34.5 Å². The molecule has 204 valence electrons. The zero-order valence-corrected chi connectivity index (χ0v) is 22.7. The van der Waals surface area contributed by atoms with Gasteiger partial charge in [-0.05, 0) is 37.1 Å². The quantitative estimate of drug-likeness (QED) is 0.243. The summed E-state index contributed by atoms with van der Waals surface area (Å²) in [5.41, 5.74) is -0.798. The molecule has 5 aromatic rings. The van der Waals surface area contributed by atoms with Gasteiger partial charge in [0.25, 0.3) is 0 Å². The van der Waals surface area contributed by atoms with Crippen LogP contribution in [0.3, 0.4) is 0 Å². The number of hydrogen-bond donors (Lipinski definition) is 2. The van der Waals surface area contributed by atoms with Crippen molar-refractivity contribution in [3.8, 4) is 0 Å². The standard InChI is InChI=1S/C25H18Cl2F2N8O2S/c26-14-6-12(16(28)8-17(14)29)10-36-22(35-24(38)37(25(36)39)11-21-30-4-1-5-31-21)33-18-9-20-19(7-15(18)27)34-23(40-20)32-13-2-3-13/h1,4-9,13H,2-3,10-11H2,(H,32,34)(H,33,35,38). The monoisotopic (exact) mass is 602 g/mol. The first kappa shape index (κ1) is 26.3. The molecule has 0 atom stereocenters. The Morgan fingerprint density at radius 2 is 1.73 bits per heavy atom. The van der Waals surface area contributed by atoms with Crippen LogP contribution in [0.25, 0.3) is 10.2 Å². The fraction of sp³-hybridized carbons (Fsp3) is 0.200. The molecule has 0 aliphatic heterocycles. The zero-order chi connectivity index (χ0) is 28.0. The summed E-state index contributed by atoms with van der Waals surface area (Å²) >= 11 is 13.8. The van der Waals surface area contributed by atoms with Gasteiger partial charge in [-0.15, -0.1) is 0 Å². The fourth-order valence-electron chi connectivity index (χ4n) is 3.94. The molecule has 1 aliphatic rings. The summed E-state index contributed by atoms with van der Waals surface area (Å²) in [6.45, 7) is -0.700. The number of hydrogen-bond acceptors (Lipinski definition) is 9. The molecule has 40 heavy (non-hydrogen) atoms. The molecule has 0 radical (unpaired) electrons. The molecule has 0 bridgehead atoms. The van der Waals surface area contributed by atoms with Crippen LogP contribution in [0.15, 0.2) is 52.3 Å². The number of aromatic nitrogens is 6. The first-order chi connectivity index (χ1) is 19.2. The predicted octanol–water partition coefficient (Wildman–Crippen LogP) is 4.80. The van der Waals surface area contributed by atoms with E-state index >= 15 is 0 Å². The highest BCUT2D eigenvalue weighted by Crippen LogP contribution is 2.36. The van der Waals surface area contributed by atoms with Crippen molar-refractivity contribution in [3.05, 3.63) is 96.8 Å². The van der Waals surface area contributed by atoms with E-state index in [0.29, 0.717) is 23.3 Å². The molecule has 1 saturated carbocycles. The van der Waals surface area contributed by atoms with E-state index in [9.17, 15) is 18.4 Å². The average Bonchev–Trinajstić information content (AvgIpc) is 3.65. The molecular formula is C25H18Cl2F2N8O2S. The largest absolute Gasteiger partial charge is 0.359 e. The highest BCUT2D eigenvalue weighted by molar-refractivity contribution is 7.22. The molecule has 0 spiro atoms. The number of rotatable bonds is 8. The van der Waals surface area contributed by atoms with Gasteiger partial charge < -0.3 is 10.6 Å².